The zero-order chi connectivity index (χ0) is 10.5. The van der Waals surface area contributed by atoms with Crippen LogP contribution in [0.5, 0.6) is 0 Å². The topological polar surface area (TPSA) is 24.9 Å². The Bertz CT molecular complexity index is 305. The van der Waals surface area contributed by atoms with Gasteiger partial charge < -0.3 is 5.32 Å². The fourth-order valence-electron chi connectivity index (χ4n) is 1.87. The smallest absolute Gasteiger partial charge is 0.0313 e. The molecule has 1 aromatic heterocycles. The fourth-order valence-corrected chi connectivity index (χ4v) is 1.87. The Kier molecular flexibility index (Phi) is 3.73. The summed E-state index contributed by atoms with van der Waals surface area (Å²) < 4.78 is 0. The summed E-state index contributed by atoms with van der Waals surface area (Å²) in [6.45, 7) is 4.19. The van der Waals surface area contributed by atoms with E-state index in [4.69, 9.17) is 0 Å². The van der Waals surface area contributed by atoms with Crippen molar-refractivity contribution in [2.75, 3.05) is 6.54 Å². The minimum atomic E-state index is 0.958. The van der Waals surface area contributed by atoms with Crippen LogP contribution in [-0.2, 0) is 6.54 Å². The predicted molar refractivity (Wildman–Crippen MR) is 62.6 cm³/mol. The van der Waals surface area contributed by atoms with Gasteiger partial charge in [0.2, 0.25) is 0 Å². The number of rotatable bonds is 6. The third-order valence-corrected chi connectivity index (χ3v) is 2.92. The molecule has 0 unspecified atom stereocenters. The maximum atomic E-state index is 4.18. The van der Waals surface area contributed by atoms with Crippen molar-refractivity contribution < 1.29 is 0 Å². The summed E-state index contributed by atoms with van der Waals surface area (Å²) in [4.78, 5) is 4.18. The molecule has 2 rings (SSSR count). The van der Waals surface area contributed by atoms with Crippen LogP contribution in [0.3, 0.4) is 0 Å². The summed E-state index contributed by atoms with van der Waals surface area (Å²) in [5.74, 6) is 1.06. The van der Waals surface area contributed by atoms with E-state index >= 15 is 0 Å². The van der Waals surface area contributed by atoms with Gasteiger partial charge in [-0.3, -0.25) is 4.98 Å². The zero-order valence-electron chi connectivity index (χ0n) is 9.50. The number of aromatic nitrogens is 1. The molecule has 1 saturated carbocycles. The summed E-state index contributed by atoms with van der Waals surface area (Å²) in [5, 5.41) is 3.47. The van der Waals surface area contributed by atoms with Crippen LogP contribution in [0.2, 0.25) is 0 Å². The van der Waals surface area contributed by atoms with Gasteiger partial charge in [0.1, 0.15) is 0 Å². The third-order valence-electron chi connectivity index (χ3n) is 2.92. The Balaban J connectivity index is 1.60. The Morgan fingerprint density at radius 1 is 1.40 bits per heavy atom. The first-order valence-corrected chi connectivity index (χ1v) is 5.96. The number of hydrogen-bond acceptors (Lipinski definition) is 2. The SMILES string of the molecule is Cc1cncc(CNCCCC2CC2)c1. The summed E-state index contributed by atoms with van der Waals surface area (Å²) >= 11 is 0. The first-order valence-electron chi connectivity index (χ1n) is 5.96. The van der Waals surface area contributed by atoms with Gasteiger partial charge in [-0.05, 0) is 43.4 Å². The lowest BCUT2D eigenvalue weighted by Gasteiger charge is -2.04. The van der Waals surface area contributed by atoms with Crippen molar-refractivity contribution in [3.8, 4) is 0 Å². The van der Waals surface area contributed by atoms with Gasteiger partial charge in [-0.15, -0.1) is 0 Å². The first-order chi connectivity index (χ1) is 7.34. The van der Waals surface area contributed by atoms with E-state index in [1.165, 1.54) is 36.8 Å². The normalized spacial score (nSPS) is 15.5. The molecule has 0 atom stereocenters. The number of pyridine rings is 1. The van der Waals surface area contributed by atoms with Crippen LogP contribution in [0.4, 0.5) is 0 Å². The third kappa shape index (κ3) is 4.00. The van der Waals surface area contributed by atoms with Crippen molar-refractivity contribution in [1.29, 1.82) is 0 Å². The van der Waals surface area contributed by atoms with E-state index in [1.54, 1.807) is 0 Å². The quantitative estimate of drug-likeness (QED) is 0.721. The number of hydrogen-bond donors (Lipinski definition) is 1. The highest BCUT2D eigenvalue weighted by Gasteiger charge is 2.19. The molecule has 1 aliphatic carbocycles. The Morgan fingerprint density at radius 2 is 2.27 bits per heavy atom. The van der Waals surface area contributed by atoms with Crippen molar-refractivity contribution in [1.82, 2.24) is 10.3 Å². The molecular formula is C13H20N2. The average Bonchev–Trinajstić information content (AvgIpc) is 3.01. The Labute approximate surface area is 92.1 Å². The molecule has 0 saturated heterocycles. The second kappa shape index (κ2) is 5.26. The van der Waals surface area contributed by atoms with Gasteiger partial charge in [-0.1, -0.05) is 18.9 Å². The molecule has 0 radical (unpaired) electrons. The fraction of sp³-hybridized carbons (Fsp3) is 0.615. The molecule has 1 aromatic rings. The lowest BCUT2D eigenvalue weighted by Crippen LogP contribution is -2.15. The van der Waals surface area contributed by atoms with Crippen LogP contribution in [-0.4, -0.2) is 11.5 Å². The van der Waals surface area contributed by atoms with E-state index in [0.29, 0.717) is 0 Å². The van der Waals surface area contributed by atoms with E-state index < -0.39 is 0 Å². The van der Waals surface area contributed by atoms with Gasteiger partial charge in [0.05, 0.1) is 0 Å². The van der Waals surface area contributed by atoms with Gasteiger partial charge in [-0.25, -0.2) is 0 Å². The molecule has 82 valence electrons. The van der Waals surface area contributed by atoms with E-state index in [2.05, 4.69) is 23.3 Å². The minimum Gasteiger partial charge on any atom is -0.313 e. The molecule has 2 nitrogen and oxygen atoms in total. The average molecular weight is 204 g/mol. The maximum Gasteiger partial charge on any atom is 0.0313 e. The van der Waals surface area contributed by atoms with E-state index in [1.807, 2.05) is 12.4 Å². The van der Waals surface area contributed by atoms with Gasteiger partial charge in [0.25, 0.3) is 0 Å². The first kappa shape index (κ1) is 10.6. The van der Waals surface area contributed by atoms with Crippen molar-refractivity contribution in [2.45, 2.75) is 39.2 Å². The lowest BCUT2D eigenvalue weighted by atomic mass is 10.2. The van der Waals surface area contributed by atoms with Crippen LogP contribution in [0.1, 0.15) is 36.8 Å². The second-order valence-electron chi connectivity index (χ2n) is 4.63. The monoisotopic (exact) mass is 204 g/mol. The highest BCUT2D eigenvalue weighted by molar-refractivity contribution is 5.16. The van der Waals surface area contributed by atoms with Crippen molar-refractivity contribution in [2.24, 2.45) is 5.92 Å². The molecule has 0 spiro atoms. The molecule has 1 aliphatic rings. The summed E-state index contributed by atoms with van der Waals surface area (Å²) in [7, 11) is 0. The van der Waals surface area contributed by atoms with Crippen molar-refractivity contribution in [3.63, 3.8) is 0 Å². The van der Waals surface area contributed by atoms with Crippen LogP contribution >= 0.6 is 0 Å². The highest BCUT2D eigenvalue weighted by Crippen LogP contribution is 2.33. The molecule has 2 heteroatoms. The Morgan fingerprint density at radius 3 is 3.00 bits per heavy atom. The number of aryl methyl sites for hydroxylation is 1. The lowest BCUT2D eigenvalue weighted by molar-refractivity contribution is 0.593. The van der Waals surface area contributed by atoms with Crippen molar-refractivity contribution in [3.05, 3.63) is 29.6 Å². The molecular weight excluding hydrogens is 184 g/mol. The minimum absolute atomic E-state index is 0.958. The molecule has 1 N–H and O–H groups in total. The molecule has 0 aromatic carbocycles. The van der Waals surface area contributed by atoms with Crippen LogP contribution < -0.4 is 5.32 Å². The van der Waals surface area contributed by atoms with Gasteiger partial charge >= 0.3 is 0 Å². The van der Waals surface area contributed by atoms with Gasteiger partial charge in [0, 0.05) is 18.9 Å². The molecule has 0 amide bonds. The summed E-state index contributed by atoms with van der Waals surface area (Å²) in [5.41, 5.74) is 2.54. The number of nitrogens with zero attached hydrogens (tertiary/aromatic N) is 1. The molecule has 0 aliphatic heterocycles. The van der Waals surface area contributed by atoms with E-state index in [0.717, 1.165) is 19.0 Å². The highest BCUT2D eigenvalue weighted by atomic mass is 14.8. The van der Waals surface area contributed by atoms with E-state index in [-0.39, 0.29) is 0 Å². The molecule has 0 bridgehead atoms. The van der Waals surface area contributed by atoms with Crippen LogP contribution in [0.15, 0.2) is 18.5 Å². The number of nitrogens with one attached hydrogen (secondary N) is 1. The molecule has 1 fully saturated rings. The van der Waals surface area contributed by atoms with E-state index in [9.17, 15) is 0 Å². The van der Waals surface area contributed by atoms with Gasteiger partial charge in [0.15, 0.2) is 0 Å². The molecule has 1 heterocycles. The largest absolute Gasteiger partial charge is 0.313 e. The van der Waals surface area contributed by atoms with Crippen LogP contribution in [0.25, 0.3) is 0 Å². The maximum absolute atomic E-state index is 4.18. The summed E-state index contributed by atoms with van der Waals surface area (Å²) in [6.07, 6.45) is 9.53. The standard InChI is InChI=1S/C13H20N2/c1-11-7-13(10-15-8-11)9-14-6-2-3-12-4-5-12/h7-8,10,12,14H,2-6,9H2,1H3. The summed E-state index contributed by atoms with van der Waals surface area (Å²) in [6, 6.07) is 2.20. The molecule has 15 heavy (non-hydrogen) atoms. The zero-order valence-corrected chi connectivity index (χ0v) is 9.50. The Hall–Kier alpha value is -0.890. The van der Waals surface area contributed by atoms with Crippen molar-refractivity contribution >= 4 is 0 Å². The second-order valence-corrected chi connectivity index (χ2v) is 4.63. The van der Waals surface area contributed by atoms with Gasteiger partial charge in [-0.2, -0.15) is 0 Å². The predicted octanol–water partition coefficient (Wildman–Crippen LogP) is 2.67. The van der Waals surface area contributed by atoms with Crippen LogP contribution in [0, 0.1) is 12.8 Å².